The minimum absolute atomic E-state index is 0. The van der Waals surface area contributed by atoms with Crippen LogP contribution in [0.4, 0.5) is 0 Å². The first-order chi connectivity index (χ1) is 4.00. The van der Waals surface area contributed by atoms with Crippen LogP contribution in [0.15, 0.2) is 0 Å². The Morgan fingerprint density at radius 1 is 0.600 bits per heavy atom. The number of hydrogen-bond acceptors (Lipinski definition) is 4. The van der Waals surface area contributed by atoms with Crippen LogP contribution in [-0.2, 0) is 36.0 Å². The van der Waals surface area contributed by atoms with Crippen molar-refractivity contribution in [3.05, 3.63) is 0 Å². The van der Waals surface area contributed by atoms with Crippen molar-refractivity contribution in [3.8, 4) is 0 Å². The van der Waals surface area contributed by atoms with Crippen LogP contribution < -0.4 is 51.4 Å². The van der Waals surface area contributed by atoms with E-state index < -0.39 is 0 Å². The van der Waals surface area contributed by atoms with E-state index >= 15 is 0 Å². The molecule has 4 nitrogen and oxygen atoms in total. The van der Waals surface area contributed by atoms with Crippen LogP contribution >= 0.6 is 0 Å². The Labute approximate surface area is 114 Å². The average molecular weight is 215 g/mol. The number of hydrogen-bond donors (Lipinski definition) is 0. The molecule has 0 aromatic heterocycles. The van der Waals surface area contributed by atoms with Crippen LogP contribution in [0.2, 0.25) is 0 Å². The van der Waals surface area contributed by atoms with Gasteiger partial charge in [0.25, 0.3) is 0 Å². The number of carbonyl (C=O) groups excluding carboxylic acids is 4. The fourth-order valence-electron chi connectivity index (χ4n) is 0. The Morgan fingerprint density at radius 3 is 0.600 bits per heavy atom. The fraction of sp³-hybridized carbons (Fsp3) is 0. The van der Waals surface area contributed by atoms with Gasteiger partial charge in [0, 0.05) is 16.8 Å². The first kappa shape index (κ1) is 44.9. The van der Waals surface area contributed by atoms with Gasteiger partial charge < -0.3 is 20.6 Å². The molecule has 0 saturated carbocycles. The van der Waals surface area contributed by atoms with Gasteiger partial charge in [0.15, 0.2) is 0 Å². The summed E-state index contributed by atoms with van der Waals surface area (Å²) in [5.41, 5.74) is 0. The van der Waals surface area contributed by atoms with E-state index in [-0.39, 0.29) is 69.6 Å². The van der Waals surface area contributed by atoms with Crippen molar-refractivity contribution >= 4 is 27.2 Å². The maximum absolute atomic E-state index is 7.75. The van der Waals surface area contributed by atoms with E-state index in [9.17, 15) is 0 Å². The molecule has 59 valence electrons. The Hall–Kier alpha value is 0.823. The zero-order valence-electron chi connectivity index (χ0n) is 6.28. The summed E-state index contributed by atoms with van der Waals surface area (Å²) in [7, 11) is 0. The Morgan fingerprint density at radius 2 is 0.600 bits per heavy atom. The van der Waals surface area contributed by atoms with Crippen molar-refractivity contribution in [2.75, 3.05) is 0 Å². The van der Waals surface area contributed by atoms with Gasteiger partial charge in [0.1, 0.15) is 0 Å². The molecule has 0 N–H and O–H groups in total. The smallest absolute Gasteiger partial charge is 1.00 e. The Kier molecular flexibility index (Phi) is 5070. The fourth-order valence-corrected chi connectivity index (χ4v) is 0. The second-order valence-electron chi connectivity index (χ2n) is 0. The maximum atomic E-state index is 7.75. The van der Waals surface area contributed by atoms with Crippen LogP contribution in [0.5, 0.6) is 0 Å². The summed E-state index contributed by atoms with van der Waals surface area (Å²) >= 11 is 0. The molecule has 1 radical (unpaired) electrons. The molecule has 0 amide bonds. The van der Waals surface area contributed by atoms with E-state index in [0.29, 0.717) is 0 Å². The van der Waals surface area contributed by atoms with Crippen molar-refractivity contribution in [1.29, 1.82) is 0 Å². The molecule has 0 bridgehead atoms. The van der Waals surface area contributed by atoms with Crippen molar-refractivity contribution in [1.82, 2.24) is 0 Å². The van der Waals surface area contributed by atoms with Crippen molar-refractivity contribution < 1.29 is 88.8 Å². The minimum atomic E-state index is 0. The zero-order chi connectivity index (χ0) is 8.00. The van der Waals surface area contributed by atoms with E-state index in [4.69, 9.17) is 19.2 Å². The molecule has 0 heterocycles. The molecule has 0 aromatic rings. The summed E-state index contributed by atoms with van der Waals surface area (Å²) < 4.78 is 0. The predicted molar refractivity (Wildman–Crippen MR) is 28.1 cm³/mol. The largest absolute Gasteiger partial charge is 1.00 e. The summed E-state index contributed by atoms with van der Waals surface area (Å²) in [5.74, 6) is 0. The molecule has 0 saturated heterocycles. The van der Waals surface area contributed by atoms with Crippen LogP contribution in [-0.4, -0.2) is 27.2 Å². The molecule has 0 spiro atoms. The maximum Gasteiger partial charge on any atom is 1.00 e. The summed E-state index contributed by atoms with van der Waals surface area (Å²) in [6.45, 7) is 13.0. The molecule has 6 heteroatoms. The van der Waals surface area contributed by atoms with Gasteiger partial charge in [-0.3, -0.25) is 27.2 Å². The van der Waals surface area contributed by atoms with E-state index in [1.807, 2.05) is 0 Å². The second-order valence-corrected chi connectivity index (χ2v) is 0. The molecule has 0 fully saturated rings. The molecule has 0 aliphatic carbocycles. The molecule has 0 unspecified atom stereocenters. The molecule has 0 rings (SSSR count). The monoisotopic (exact) mass is 215 g/mol. The predicted octanol–water partition coefficient (Wildman–Crippen LogP) is -3.98. The molecule has 0 atom stereocenters. The molecule has 0 aliphatic heterocycles. The molecular formula is C4H5CoKO4-4. The zero-order valence-corrected chi connectivity index (χ0v) is 9.44. The third-order valence-corrected chi connectivity index (χ3v) is 0. The van der Waals surface area contributed by atoms with Crippen LogP contribution in [0.3, 0.4) is 0 Å². The third-order valence-electron chi connectivity index (χ3n) is 0. The molecule has 10 heavy (non-hydrogen) atoms. The second kappa shape index (κ2) is 1130. The van der Waals surface area contributed by atoms with Gasteiger partial charge in [0.05, 0.1) is 0 Å². The van der Waals surface area contributed by atoms with Gasteiger partial charge in [-0.15, -0.1) is 0 Å². The summed E-state index contributed by atoms with van der Waals surface area (Å²) in [6.07, 6.45) is 0. The van der Waals surface area contributed by atoms with Gasteiger partial charge in [-0.1, -0.05) is 0 Å². The van der Waals surface area contributed by atoms with Crippen LogP contribution in [0.1, 0.15) is 1.43 Å². The first-order valence-corrected chi connectivity index (χ1v) is 0.943. The minimum Gasteiger partial charge on any atom is -1.00 e. The first-order valence-electron chi connectivity index (χ1n) is 0.943. The van der Waals surface area contributed by atoms with E-state index in [1.54, 1.807) is 0 Å². The average Bonchev–Trinajstić information content (AvgIpc) is 2.03. The summed E-state index contributed by atoms with van der Waals surface area (Å²) in [6, 6.07) is 0. The van der Waals surface area contributed by atoms with Gasteiger partial charge in [-0.05, 0) is 0 Å². The van der Waals surface area contributed by atoms with Gasteiger partial charge in [-0.2, -0.15) is 0 Å². The van der Waals surface area contributed by atoms with E-state index in [0.717, 1.165) is 0 Å². The van der Waals surface area contributed by atoms with Gasteiger partial charge in [-0.25, -0.2) is 0 Å². The Balaban J connectivity index is -0.00000000356. The summed E-state index contributed by atoms with van der Waals surface area (Å²) in [4.78, 5) is 31.0. The van der Waals surface area contributed by atoms with Gasteiger partial charge in [0.2, 0.25) is 0 Å². The normalized spacial score (nSPS) is 1.60. The van der Waals surface area contributed by atoms with Crippen molar-refractivity contribution in [2.24, 2.45) is 0 Å². The quantitative estimate of drug-likeness (QED) is 0.235. The third kappa shape index (κ3) is 797. The van der Waals surface area contributed by atoms with Gasteiger partial charge >= 0.3 is 51.4 Å². The topological polar surface area (TPSA) is 68.3 Å². The van der Waals surface area contributed by atoms with E-state index in [2.05, 4.69) is 27.2 Å². The number of rotatable bonds is 0. The molecular weight excluding hydrogens is 210 g/mol. The van der Waals surface area contributed by atoms with Crippen LogP contribution in [0.25, 0.3) is 0 Å². The summed E-state index contributed by atoms with van der Waals surface area (Å²) in [5, 5.41) is 0. The Bertz CT molecular complexity index is 30.1. The van der Waals surface area contributed by atoms with Crippen molar-refractivity contribution in [3.63, 3.8) is 0 Å². The molecule has 0 aromatic carbocycles. The van der Waals surface area contributed by atoms with Crippen molar-refractivity contribution in [2.45, 2.75) is 0 Å². The SMILES string of the molecule is [CH-]=O.[CH-]=O.[CH-]=O.[CH-]=O.[Co].[H-].[K+]. The standard InChI is InChI=1S/4CHO.Co.K.H/c4*1-2;;;/h4*1H;;;/q4*-1;;+1;-1. The van der Waals surface area contributed by atoms with Crippen LogP contribution in [0, 0.1) is 0 Å². The molecule has 0 aliphatic rings. The van der Waals surface area contributed by atoms with E-state index in [1.165, 1.54) is 0 Å².